The highest BCUT2D eigenvalue weighted by atomic mass is 15.3. The maximum atomic E-state index is 4.65. The van der Waals surface area contributed by atoms with Crippen LogP contribution >= 0.6 is 0 Å². The van der Waals surface area contributed by atoms with Crippen LogP contribution in [0.1, 0.15) is 12.0 Å². The van der Waals surface area contributed by atoms with Gasteiger partial charge in [0.1, 0.15) is 5.82 Å². The van der Waals surface area contributed by atoms with Gasteiger partial charge in [-0.05, 0) is 18.1 Å². The number of rotatable bonds is 5. The van der Waals surface area contributed by atoms with E-state index in [0.29, 0.717) is 6.04 Å². The lowest BCUT2D eigenvalue weighted by molar-refractivity contribution is 0.326. The lowest BCUT2D eigenvalue weighted by atomic mass is 10.2. The molecule has 1 fully saturated rings. The smallest absolute Gasteiger partial charge is 0.226 e. The second-order valence-corrected chi connectivity index (χ2v) is 6.38. The molecule has 0 N–H and O–H groups in total. The molecule has 1 atom stereocenters. The molecule has 0 radical (unpaired) electrons. The molecule has 2 aromatic rings. The minimum atomic E-state index is 0.503. The summed E-state index contributed by atoms with van der Waals surface area (Å²) in [7, 11) is 6.07. The van der Waals surface area contributed by atoms with Crippen LogP contribution in [0.15, 0.2) is 42.6 Å². The number of likely N-dealkylation sites (N-methyl/N-ethyl adjacent to an activating group) is 1. The number of hydrogen-bond acceptors (Lipinski definition) is 5. The Balaban J connectivity index is 1.63. The van der Waals surface area contributed by atoms with Crippen molar-refractivity contribution in [3.8, 4) is 0 Å². The SMILES string of the molecule is CN(C)c1nccc(N(C)C2CCN(Cc3ccccc3)C2)n1. The predicted molar refractivity (Wildman–Crippen MR) is 94.9 cm³/mol. The van der Waals surface area contributed by atoms with Gasteiger partial charge < -0.3 is 9.80 Å². The van der Waals surface area contributed by atoms with E-state index in [1.165, 1.54) is 12.0 Å². The Morgan fingerprint density at radius 3 is 2.65 bits per heavy atom. The summed E-state index contributed by atoms with van der Waals surface area (Å²) < 4.78 is 0. The first-order chi connectivity index (χ1) is 11.1. The molecule has 0 saturated carbocycles. The highest BCUT2D eigenvalue weighted by Crippen LogP contribution is 2.22. The molecule has 2 heterocycles. The van der Waals surface area contributed by atoms with Gasteiger partial charge in [0.25, 0.3) is 0 Å². The molecule has 0 aliphatic carbocycles. The topological polar surface area (TPSA) is 35.5 Å². The number of likely N-dealkylation sites (tertiary alicyclic amines) is 1. The third-order valence-corrected chi connectivity index (χ3v) is 4.43. The molecule has 3 rings (SSSR count). The van der Waals surface area contributed by atoms with Gasteiger partial charge >= 0.3 is 0 Å². The fourth-order valence-electron chi connectivity index (χ4n) is 3.05. The van der Waals surface area contributed by atoms with Crippen LogP contribution in [-0.2, 0) is 6.54 Å². The van der Waals surface area contributed by atoms with Crippen molar-refractivity contribution in [1.29, 1.82) is 0 Å². The van der Waals surface area contributed by atoms with Gasteiger partial charge in [0, 0.05) is 53.0 Å². The van der Waals surface area contributed by atoms with E-state index in [1.54, 1.807) is 0 Å². The van der Waals surface area contributed by atoms with Crippen LogP contribution in [0.25, 0.3) is 0 Å². The minimum absolute atomic E-state index is 0.503. The standard InChI is InChI=1S/C18H25N5/c1-21(2)18-19-11-9-17(20-18)22(3)16-10-12-23(14-16)13-15-7-5-4-6-8-15/h4-9,11,16H,10,12-14H2,1-3H3. The van der Waals surface area contributed by atoms with Gasteiger partial charge in [0.05, 0.1) is 0 Å². The van der Waals surface area contributed by atoms with Gasteiger partial charge in [-0.25, -0.2) is 4.98 Å². The summed E-state index contributed by atoms with van der Waals surface area (Å²) in [5.41, 5.74) is 1.38. The monoisotopic (exact) mass is 311 g/mol. The van der Waals surface area contributed by atoms with Crippen LogP contribution in [-0.4, -0.2) is 55.1 Å². The molecule has 1 aliphatic rings. The first-order valence-electron chi connectivity index (χ1n) is 8.13. The fourth-order valence-corrected chi connectivity index (χ4v) is 3.05. The summed E-state index contributed by atoms with van der Waals surface area (Å²) in [5, 5.41) is 0. The van der Waals surface area contributed by atoms with Crippen LogP contribution in [0, 0.1) is 0 Å². The first kappa shape index (κ1) is 15.7. The van der Waals surface area contributed by atoms with Gasteiger partial charge in [-0.1, -0.05) is 30.3 Å². The average Bonchev–Trinajstić information content (AvgIpc) is 3.03. The van der Waals surface area contributed by atoms with E-state index in [4.69, 9.17) is 0 Å². The molecule has 122 valence electrons. The van der Waals surface area contributed by atoms with Crippen LogP contribution in [0.3, 0.4) is 0 Å². The van der Waals surface area contributed by atoms with Crippen LogP contribution < -0.4 is 9.80 Å². The van der Waals surface area contributed by atoms with Crippen molar-refractivity contribution < 1.29 is 0 Å². The molecule has 0 bridgehead atoms. The zero-order chi connectivity index (χ0) is 16.2. The van der Waals surface area contributed by atoms with Crippen molar-refractivity contribution in [2.45, 2.75) is 19.0 Å². The van der Waals surface area contributed by atoms with Crippen LogP contribution in [0.2, 0.25) is 0 Å². The first-order valence-corrected chi connectivity index (χ1v) is 8.13. The van der Waals surface area contributed by atoms with Crippen LogP contribution in [0.4, 0.5) is 11.8 Å². The Bertz CT molecular complexity index is 628. The van der Waals surface area contributed by atoms with Gasteiger partial charge in [-0.3, -0.25) is 4.90 Å². The molecule has 5 heteroatoms. The minimum Gasteiger partial charge on any atom is -0.355 e. The van der Waals surface area contributed by atoms with Crippen LogP contribution in [0.5, 0.6) is 0 Å². The largest absolute Gasteiger partial charge is 0.355 e. The molecule has 1 aromatic carbocycles. The Hall–Kier alpha value is -2.14. The third-order valence-electron chi connectivity index (χ3n) is 4.43. The van der Waals surface area contributed by atoms with Crippen molar-refractivity contribution >= 4 is 11.8 Å². The van der Waals surface area contributed by atoms with E-state index in [9.17, 15) is 0 Å². The van der Waals surface area contributed by atoms with Crippen molar-refractivity contribution in [1.82, 2.24) is 14.9 Å². The Kier molecular flexibility index (Phi) is 4.76. The second-order valence-electron chi connectivity index (χ2n) is 6.38. The summed E-state index contributed by atoms with van der Waals surface area (Å²) in [6.45, 7) is 3.24. The van der Waals surface area contributed by atoms with Gasteiger partial charge in [-0.15, -0.1) is 0 Å². The maximum Gasteiger partial charge on any atom is 0.226 e. The summed E-state index contributed by atoms with van der Waals surface area (Å²) in [6, 6.07) is 13.2. The van der Waals surface area contributed by atoms with Gasteiger partial charge in [0.2, 0.25) is 5.95 Å². The number of aromatic nitrogens is 2. The van der Waals surface area contributed by atoms with E-state index < -0.39 is 0 Å². The number of benzene rings is 1. The molecule has 0 amide bonds. The van der Waals surface area contributed by atoms with Gasteiger partial charge in [-0.2, -0.15) is 4.98 Å². The number of nitrogens with zero attached hydrogens (tertiary/aromatic N) is 5. The average molecular weight is 311 g/mol. The third kappa shape index (κ3) is 3.79. The molecular formula is C18H25N5. The highest BCUT2D eigenvalue weighted by molar-refractivity contribution is 5.43. The van der Waals surface area contributed by atoms with E-state index in [1.807, 2.05) is 31.3 Å². The van der Waals surface area contributed by atoms with E-state index >= 15 is 0 Å². The van der Waals surface area contributed by atoms with E-state index in [2.05, 4.69) is 57.1 Å². The molecule has 5 nitrogen and oxygen atoms in total. The number of hydrogen-bond donors (Lipinski definition) is 0. The maximum absolute atomic E-state index is 4.65. The van der Waals surface area contributed by atoms with Crippen molar-refractivity contribution in [2.24, 2.45) is 0 Å². The predicted octanol–water partition coefficient (Wildman–Crippen LogP) is 2.25. The number of anilines is 2. The summed E-state index contributed by atoms with van der Waals surface area (Å²) in [6.07, 6.45) is 3.01. The summed E-state index contributed by atoms with van der Waals surface area (Å²) >= 11 is 0. The molecule has 1 unspecified atom stereocenters. The van der Waals surface area contributed by atoms with Crippen molar-refractivity contribution in [3.05, 3.63) is 48.2 Å². The quantitative estimate of drug-likeness (QED) is 0.846. The lowest BCUT2D eigenvalue weighted by Gasteiger charge is -2.26. The summed E-state index contributed by atoms with van der Waals surface area (Å²) in [4.78, 5) is 15.7. The molecule has 23 heavy (non-hydrogen) atoms. The lowest BCUT2D eigenvalue weighted by Crippen LogP contribution is -2.35. The van der Waals surface area contributed by atoms with Crippen molar-refractivity contribution in [2.75, 3.05) is 44.0 Å². The zero-order valence-electron chi connectivity index (χ0n) is 14.2. The highest BCUT2D eigenvalue weighted by Gasteiger charge is 2.26. The summed E-state index contributed by atoms with van der Waals surface area (Å²) in [5.74, 6) is 1.75. The Morgan fingerprint density at radius 1 is 1.13 bits per heavy atom. The fraction of sp³-hybridized carbons (Fsp3) is 0.444. The van der Waals surface area contributed by atoms with E-state index in [-0.39, 0.29) is 0 Å². The second kappa shape index (κ2) is 6.96. The molecular weight excluding hydrogens is 286 g/mol. The molecule has 1 aliphatic heterocycles. The van der Waals surface area contributed by atoms with E-state index in [0.717, 1.165) is 31.4 Å². The normalized spacial score (nSPS) is 18.1. The molecule has 1 saturated heterocycles. The van der Waals surface area contributed by atoms with Crippen molar-refractivity contribution in [3.63, 3.8) is 0 Å². The zero-order valence-corrected chi connectivity index (χ0v) is 14.2. The Labute approximate surface area is 138 Å². The van der Waals surface area contributed by atoms with Gasteiger partial charge in [0.15, 0.2) is 0 Å². The molecule has 0 spiro atoms. The Morgan fingerprint density at radius 2 is 1.91 bits per heavy atom. The molecule has 1 aromatic heterocycles.